The number of piperidine rings is 1. The van der Waals surface area contributed by atoms with Crippen LogP contribution in [0, 0.1) is 6.92 Å². The molecule has 0 bridgehead atoms. The van der Waals surface area contributed by atoms with Gasteiger partial charge >= 0.3 is 0 Å². The van der Waals surface area contributed by atoms with Gasteiger partial charge in [0.2, 0.25) is 5.91 Å². The van der Waals surface area contributed by atoms with Crippen LogP contribution < -0.4 is 0 Å². The maximum absolute atomic E-state index is 12.4. The molecule has 1 aromatic heterocycles. The molecule has 1 saturated heterocycles. The van der Waals surface area contributed by atoms with Crippen LogP contribution in [0.2, 0.25) is 0 Å². The minimum absolute atomic E-state index is 0.0493. The van der Waals surface area contributed by atoms with E-state index in [-0.39, 0.29) is 24.5 Å². The standard InChI is InChI=1S/C16H24N2O3S/c1-4-12-9-14(22-11(12)2)16(21)17(3)10-15(20)18-7-5-13(19)6-8-18/h9,13,19H,4-8,10H2,1-3H3. The molecule has 1 fully saturated rings. The van der Waals surface area contributed by atoms with E-state index in [4.69, 9.17) is 0 Å². The van der Waals surface area contributed by atoms with Crippen molar-refractivity contribution in [3.8, 4) is 0 Å². The lowest BCUT2D eigenvalue weighted by Gasteiger charge is -2.31. The smallest absolute Gasteiger partial charge is 0.264 e. The fourth-order valence-electron chi connectivity index (χ4n) is 2.65. The van der Waals surface area contributed by atoms with Crippen molar-refractivity contribution in [3.05, 3.63) is 21.4 Å². The van der Waals surface area contributed by atoms with E-state index >= 15 is 0 Å². The number of amides is 2. The zero-order valence-corrected chi connectivity index (χ0v) is 14.3. The summed E-state index contributed by atoms with van der Waals surface area (Å²) in [5, 5.41) is 9.48. The minimum atomic E-state index is -0.301. The van der Waals surface area contributed by atoms with Crippen LogP contribution >= 0.6 is 11.3 Å². The molecule has 5 nitrogen and oxygen atoms in total. The summed E-state index contributed by atoms with van der Waals surface area (Å²) in [6.07, 6.45) is 1.85. The molecular formula is C16H24N2O3S. The van der Waals surface area contributed by atoms with Crippen molar-refractivity contribution in [2.24, 2.45) is 0 Å². The molecule has 2 rings (SSSR count). The number of aliphatic hydroxyl groups is 1. The highest BCUT2D eigenvalue weighted by molar-refractivity contribution is 7.14. The third-order valence-corrected chi connectivity index (χ3v) is 5.23. The van der Waals surface area contributed by atoms with Crippen molar-refractivity contribution < 1.29 is 14.7 Å². The summed E-state index contributed by atoms with van der Waals surface area (Å²) in [4.78, 5) is 29.7. The fraction of sp³-hybridized carbons (Fsp3) is 0.625. The molecule has 22 heavy (non-hydrogen) atoms. The topological polar surface area (TPSA) is 60.9 Å². The van der Waals surface area contributed by atoms with E-state index in [1.807, 2.05) is 13.0 Å². The Kier molecular flexibility index (Phi) is 5.58. The van der Waals surface area contributed by atoms with Crippen LogP contribution in [0.25, 0.3) is 0 Å². The number of likely N-dealkylation sites (N-methyl/N-ethyl adjacent to an activating group) is 1. The highest BCUT2D eigenvalue weighted by atomic mass is 32.1. The van der Waals surface area contributed by atoms with E-state index in [1.54, 1.807) is 11.9 Å². The first kappa shape index (κ1) is 17.0. The van der Waals surface area contributed by atoms with Crippen molar-refractivity contribution in [1.82, 2.24) is 9.80 Å². The van der Waals surface area contributed by atoms with Crippen molar-refractivity contribution in [2.75, 3.05) is 26.7 Å². The average Bonchev–Trinajstić information content (AvgIpc) is 2.88. The summed E-state index contributed by atoms with van der Waals surface area (Å²) < 4.78 is 0. The molecule has 0 aromatic carbocycles. The Balaban J connectivity index is 1.94. The number of carbonyl (C=O) groups is 2. The predicted molar refractivity (Wildman–Crippen MR) is 87.2 cm³/mol. The van der Waals surface area contributed by atoms with Gasteiger partial charge in [0.25, 0.3) is 5.91 Å². The summed E-state index contributed by atoms with van der Waals surface area (Å²) in [6.45, 7) is 5.32. The van der Waals surface area contributed by atoms with E-state index in [0.29, 0.717) is 30.8 Å². The van der Waals surface area contributed by atoms with E-state index in [1.165, 1.54) is 21.8 Å². The summed E-state index contributed by atoms with van der Waals surface area (Å²) in [5.41, 5.74) is 1.19. The molecule has 2 heterocycles. The molecule has 1 aliphatic rings. The maximum atomic E-state index is 12.4. The Bertz CT molecular complexity index is 548. The van der Waals surface area contributed by atoms with Crippen molar-refractivity contribution in [1.29, 1.82) is 0 Å². The second kappa shape index (κ2) is 7.24. The van der Waals surface area contributed by atoms with Gasteiger partial charge in [0.15, 0.2) is 0 Å². The van der Waals surface area contributed by atoms with Gasteiger partial charge in [-0.25, -0.2) is 0 Å². The Morgan fingerprint density at radius 3 is 2.59 bits per heavy atom. The number of hydrogen-bond donors (Lipinski definition) is 1. The fourth-order valence-corrected chi connectivity index (χ4v) is 3.76. The molecule has 0 spiro atoms. The van der Waals surface area contributed by atoms with E-state index in [0.717, 1.165) is 11.3 Å². The Hall–Kier alpha value is -1.40. The summed E-state index contributed by atoms with van der Waals surface area (Å²) in [5.74, 6) is -0.148. The number of nitrogens with zero attached hydrogens (tertiary/aromatic N) is 2. The van der Waals surface area contributed by atoms with Gasteiger partial charge in [0, 0.05) is 25.0 Å². The molecule has 0 saturated carbocycles. The van der Waals surface area contributed by atoms with Gasteiger partial charge in [-0.15, -0.1) is 11.3 Å². The van der Waals surface area contributed by atoms with Gasteiger partial charge in [-0.3, -0.25) is 9.59 Å². The van der Waals surface area contributed by atoms with Crippen molar-refractivity contribution in [3.63, 3.8) is 0 Å². The highest BCUT2D eigenvalue weighted by Gasteiger charge is 2.24. The summed E-state index contributed by atoms with van der Waals surface area (Å²) in [7, 11) is 1.67. The SMILES string of the molecule is CCc1cc(C(=O)N(C)CC(=O)N2CCC(O)CC2)sc1C. The van der Waals surface area contributed by atoms with Gasteiger partial charge in [0.1, 0.15) is 0 Å². The summed E-state index contributed by atoms with van der Waals surface area (Å²) >= 11 is 1.49. The van der Waals surface area contributed by atoms with E-state index in [9.17, 15) is 14.7 Å². The zero-order chi connectivity index (χ0) is 16.3. The monoisotopic (exact) mass is 324 g/mol. The number of carbonyl (C=O) groups excluding carboxylic acids is 2. The Labute approximate surface area is 135 Å². The second-order valence-corrected chi connectivity index (χ2v) is 7.08. The molecule has 0 aliphatic carbocycles. The van der Waals surface area contributed by atoms with E-state index < -0.39 is 0 Å². The molecule has 1 aliphatic heterocycles. The van der Waals surface area contributed by atoms with Crippen molar-refractivity contribution >= 4 is 23.2 Å². The largest absolute Gasteiger partial charge is 0.393 e. The molecule has 122 valence electrons. The maximum Gasteiger partial charge on any atom is 0.264 e. The number of likely N-dealkylation sites (tertiary alicyclic amines) is 1. The van der Waals surface area contributed by atoms with Gasteiger partial charge in [0.05, 0.1) is 17.5 Å². The molecule has 1 aromatic rings. The minimum Gasteiger partial charge on any atom is -0.393 e. The lowest BCUT2D eigenvalue weighted by molar-refractivity contribution is -0.133. The molecule has 6 heteroatoms. The first-order valence-electron chi connectivity index (χ1n) is 7.73. The second-order valence-electron chi connectivity index (χ2n) is 5.82. The number of aliphatic hydroxyl groups excluding tert-OH is 1. The molecule has 0 radical (unpaired) electrons. The zero-order valence-electron chi connectivity index (χ0n) is 13.5. The van der Waals surface area contributed by atoms with Gasteiger partial charge in [-0.1, -0.05) is 6.92 Å². The van der Waals surface area contributed by atoms with Gasteiger partial charge in [-0.05, 0) is 37.8 Å². The normalized spacial score (nSPS) is 15.9. The third-order valence-electron chi connectivity index (χ3n) is 4.15. The molecule has 0 atom stereocenters. The number of rotatable bonds is 4. The van der Waals surface area contributed by atoms with Gasteiger partial charge in [-0.2, -0.15) is 0 Å². The number of aryl methyl sites for hydroxylation is 2. The lowest BCUT2D eigenvalue weighted by atomic mass is 10.1. The quantitative estimate of drug-likeness (QED) is 0.916. The van der Waals surface area contributed by atoms with Crippen LogP contribution in [-0.4, -0.2) is 59.5 Å². The molecular weight excluding hydrogens is 300 g/mol. The number of thiophene rings is 1. The van der Waals surface area contributed by atoms with Crippen LogP contribution in [0.4, 0.5) is 0 Å². The Morgan fingerprint density at radius 2 is 2.05 bits per heavy atom. The third kappa shape index (κ3) is 3.87. The summed E-state index contributed by atoms with van der Waals surface area (Å²) in [6, 6.07) is 1.93. The van der Waals surface area contributed by atoms with Crippen LogP contribution in [0.3, 0.4) is 0 Å². The van der Waals surface area contributed by atoms with Crippen LogP contribution in [-0.2, 0) is 11.2 Å². The van der Waals surface area contributed by atoms with Crippen LogP contribution in [0.5, 0.6) is 0 Å². The first-order chi connectivity index (χ1) is 10.4. The first-order valence-corrected chi connectivity index (χ1v) is 8.54. The van der Waals surface area contributed by atoms with Crippen LogP contribution in [0.1, 0.15) is 39.9 Å². The lowest BCUT2D eigenvalue weighted by Crippen LogP contribution is -2.45. The average molecular weight is 324 g/mol. The van der Waals surface area contributed by atoms with Gasteiger partial charge < -0.3 is 14.9 Å². The van der Waals surface area contributed by atoms with Crippen LogP contribution in [0.15, 0.2) is 6.07 Å². The Morgan fingerprint density at radius 1 is 1.41 bits per heavy atom. The molecule has 2 amide bonds. The number of hydrogen-bond acceptors (Lipinski definition) is 4. The highest BCUT2D eigenvalue weighted by Crippen LogP contribution is 2.23. The van der Waals surface area contributed by atoms with Crippen molar-refractivity contribution in [2.45, 2.75) is 39.2 Å². The van der Waals surface area contributed by atoms with E-state index in [2.05, 4.69) is 6.92 Å². The molecule has 1 N–H and O–H groups in total. The predicted octanol–water partition coefficient (Wildman–Crippen LogP) is 1.67. The molecule has 0 unspecified atom stereocenters.